The molecular formula is C63H74BN11O12PSi. The van der Waals surface area contributed by atoms with Crippen molar-refractivity contribution in [3.05, 3.63) is 161 Å². The number of carbonyl (C=O) groups excluding carboxylic acids is 2. The van der Waals surface area contributed by atoms with E-state index in [-0.39, 0.29) is 59.4 Å². The number of fused-ring (bicyclic) bond motifs is 2. The molecule has 89 heavy (non-hydrogen) atoms. The normalized spacial score (nSPS) is 21.2. The van der Waals surface area contributed by atoms with Crippen LogP contribution in [0.15, 0.2) is 133 Å². The summed E-state index contributed by atoms with van der Waals surface area (Å²) in [6, 6.07) is 36.1. The van der Waals surface area contributed by atoms with Gasteiger partial charge in [-0.3, -0.25) is 33.8 Å². The molecule has 0 aliphatic carbocycles. The van der Waals surface area contributed by atoms with Gasteiger partial charge in [0.05, 0.1) is 51.6 Å². The number of nitrogens with zero attached hydrogens (tertiary/aromatic N) is 8. The van der Waals surface area contributed by atoms with Gasteiger partial charge >= 0.3 is 0 Å². The first-order valence-electron chi connectivity index (χ1n) is 29.5. The molecule has 0 bridgehead atoms. The van der Waals surface area contributed by atoms with E-state index in [1.807, 2.05) is 98.8 Å². The van der Waals surface area contributed by atoms with Crippen molar-refractivity contribution in [1.82, 2.24) is 39.0 Å². The molecule has 10 rings (SSSR count). The fourth-order valence-corrected chi connectivity index (χ4v) is 13.6. The zero-order chi connectivity index (χ0) is 63.4. The molecule has 3 unspecified atom stereocenters. The first kappa shape index (κ1) is 64.2. The molecule has 4 aromatic heterocycles. The monoisotopic (exact) mass is 1250 g/mol. The molecule has 6 heterocycles. The Kier molecular flexibility index (Phi) is 19.3. The van der Waals surface area contributed by atoms with E-state index in [0.29, 0.717) is 34.6 Å². The van der Waals surface area contributed by atoms with Crippen LogP contribution < -0.4 is 25.7 Å². The summed E-state index contributed by atoms with van der Waals surface area (Å²) in [4.78, 5) is 65.9. The molecule has 2 aliphatic heterocycles. The second-order valence-electron chi connectivity index (χ2n) is 23.7. The van der Waals surface area contributed by atoms with E-state index in [4.69, 9.17) is 59.2 Å². The molecule has 0 spiro atoms. The Morgan fingerprint density at radius 3 is 1.97 bits per heavy atom. The van der Waals surface area contributed by atoms with Crippen LogP contribution in [0.5, 0.6) is 11.5 Å². The summed E-state index contributed by atoms with van der Waals surface area (Å²) in [6.45, 7) is 17.5. The molecule has 3 radical (unpaired) electrons. The summed E-state index contributed by atoms with van der Waals surface area (Å²) in [5.41, 5.74) is 1.43. The van der Waals surface area contributed by atoms with Crippen molar-refractivity contribution in [2.24, 2.45) is 11.8 Å². The van der Waals surface area contributed by atoms with Crippen LogP contribution in [0.1, 0.15) is 101 Å². The highest BCUT2D eigenvalue weighted by Gasteiger charge is 2.56. The van der Waals surface area contributed by atoms with Crippen molar-refractivity contribution >= 4 is 69.6 Å². The molecule has 2 amide bonds. The molecule has 26 heteroatoms. The average Bonchev–Trinajstić information content (AvgIpc) is 1.77. The highest BCUT2D eigenvalue weighted by Crippen LogP contribution is 2.62. The number of aromatic nitrogens is 8. The minimum absolute atomic E-state index is 0.0266. The van der Waals surface area contributed by atoms with Gasteiger partial charge < -0.3 is 33.4 Å². The molecule has 465 valence electrons. The topological polar surface area (TPSA) is 272 Å². The van der Waals surface area contributed by atoms with Crippen molar-refractivity contribution in [1.29, 1.82) is 5.26 Å². The van der Waals surface area contributed by atoms with Crippen molar-refractivity contribution < 1.29 is 51.3 Å². The van der Waals surface area contributed by atoms with Crippen molar-refractivity contribution in [2.45, 2.75) is 128 Å². The zero-order valence-corrected chi connectivity index (χ0v) is 53.5. The van der Waals surface area contributed by atoms with E-state index in [9.17, 15) is 19.6 Å². The summed E-state index contributed by atoms with van der Waals surface area (Å²) in [6.07, 6.45) is -1.78. The number of benzene rings is 4. The third-order valence-corrected chi connectivity index (χ3v) is 22.7. The number of rotatable bonds is 24. The zero-order valence-electron chi connectivity index (χ0n) is 51.7. The maximum atomic E-state index is 13.7. The van der Waals surface area contributed by atoms with Crippen molar-refractivity contribution in [3.8, 4) is 17.6 Å². The third kappa shape index (κ3) is 13.3. The van der Waals surface area contributed by atoms with Crippen LogP contribution in [-0.2, 0) is 42.6 Å². The first-order valence-corrected chi connectivity index (χ1v) is 34.0. The second kappa shape index (κ2) is 26.8. The molecule has 0 saturated carbocycles. The number of hydrogen-bond donors (Lipinski definition) is 3. The van der Waals surface area contributed by atoms with Crippen LogP contribution in [0.4, 0.5) is 11.8 Å². The van der Waals surface area contributed by atoms with Gasteiger partial charge in [-0.25, -0.2) is 33.5 Å². The lowest BCUT2D eigenvalue weighted by molar-refractivity contribution is -0.118. The molecular weight excluding hydrogens is 1170 g/mol. The molecule has 23 nitrogen and oxygen atoms in total. The first-order chi connectivity index (χ1) is 42.6. The van der Waals surface area contributed by atoms with Gasteiger partial charge in [0.2, 0.25) is 11.9 Å². The van der Waals surface area contributed by atoms with Crippen LogP contribution in [0.25, 0.3) is 22.3 Å². The van der Waals surface area contributed by atoms with Crippen molar-refractivity contribution in [3.63, 3.8) is 0 Å². The van der Waals surface area contributed by atoms with Gasteiger partial charge in [-0.05, 0) is 77.6 Å². The Morgan fingerprint density at radius 2 is 1.37 bits per heavy atom. The number of methoxy groups -OCH3 is 2. The van der Waals surface area contributed by atoms with Gasteiger partial charge in [0.15, 0.2) is 48.8 Å². The highest BCUT2D eigenvalue weighted by molar-refractivity contribution is 7.85. The molecule has 9 atom stereocenters. The number of imidazole rings is 2. The molecule has 3 N–H and O–H groups in total. The lowest BCUT2D eigenvalue weighted by Gasteiger charge is -2.42. The van der Waals surface area contributed by atoms with E-state index < -0.39 is 82.1 Å². The predicted molar refractivity (Wildman–Crippen MR) is 338 cm³/mol. The predicted octanol–water partition coefficient (Wildman–Crippen LogP) is 10.6. The summed E-state index contributed by atoms with van der Waals surface area (Å²) in [7, 11) is 3.82. The van der Waals surface area contributed by atoms with Gasteiger partial charge in [0.1, 0.15) is 62.9 Å². The molecule has 2 aliphatic rings. The summed E-state index contributed by atoms with van der Waals surface area (Å²) >= 11 is 0. The number of hydrogen-bond acceptors (Lipinski definition) is 18. The van der Waals surface area contributed by atoms with Crippen LogP contribution >= 0.6 is 7.82 Å². The van der Waals surface area contributed by atoms with Gasteiger partial charge in [-0.2, -0.15) is 17.8 Å². The minimum Gasteiger partial charge on any atom is -0.497 e. The number of anilines is 2. The number of carbonyl (C=O) groups is 2. The van der Waals surface area contributed by atoms with Gasteiger partial charge in [0.25, 0.3) is 11.5 Å². The Hall–Kier alpha value is -7.76. The summed E-state index contributed by atoms with van der Waals surface area (Å²) in [5.74, 6) is -0.387. The van der Waals surface area contributed by atoms with Crippen LogP contribution in [-0.4, -0.2) is 125 Å². The van der Waals surface area contributed by atoms with E-state index >= 15 is 0 Å². The second-order valence-corrected chi connectivity index (χ2v) is 30.3. The molecule has 8 aromatic rings. The smallest absolute Gasteiger partial charge is 0.280 e. The lowest BCUT2D eigenvalue weighted by atomic mass is 9.79. The largest absolute Gasteiger partial charge is 0.497 e. The Balaban J connectivity index is 1.09. The fourth-order valence-electron chi connectivity index (χ4n) is 10.8. The quantitative estimate of drug-likeness (QED) is 0.0219. The van der Waals surface area contributed by atoms with Crippen molar-refractivity contribution in [2.75, 3.05) is 38.1 Å². The van der Waals surface area contributed by atoms with Crippen LogP contribution in [0.2, 0.25) is 18.1 Å². The minimum atomic E-state index is -4.20. The SMILES string of the molecule is [B-][P+](OCCC#N)(OC[C@H]1OC(n2cnc3c(NC(=O)c4ccccc4)ncnc32)[C@@H](C)[C@H]1OC(c1ccccc1)(c1ccc(OC)cc1)c1ccc(OC)cc1)O[C@@H]1[C@H](n2cnc3c(=O)[nH]c(NC(=O)C(C)C)nc32)OC(CC)[C@@H]1O[Si](C)(C)C(C)(C)C. The van der Waals surface area contributed by atoms with E-state index in [2.05, 4.69) is 70.5 Å². The van der Waals surface area contributed by atoms with Crippen LogP contribution in [0, 0.1) is 23.2 Å². The number of H-pyrrole nitrogens is 1. The Bertz CT molecular complexity index is 3820. The van der Waals surface area contributed by atoms with E-state index in [1.165, 1.54) is 12.7 Å². The number of amides is 2. The van der Waals surface area contributed by atoms with Gasteiger partial charge in [-0.1, -0.05) is 121 Å². The molecule has 4 aromatic carbocycles. The number of aromatic amines is 1. The fraction of sp³-hybridized carbons (Fsp3) is 0.413. The highest BCUT2D eigenvalue weighted by atomic mass is 31.2. The number of ether oxygens (including phenoxy) is 5. The molecule has 2 fully saturated rings. The van der Waals surface area contributed by atoms with Gasteiger partial charge in [0, 0.05) is 17.4 Å². The summed E-state index contributed by atoms with van der Waals surface area (Å²) in [5, 5.41) is 15.3. The standard InChI is InChI=1S/C63H73BN11O12PSi/c1-12-46-51(87-89(10,11)62(5,6)7)52(60(83-46)75-37-69-49-55(75)71-61(73-58(49)78)72-56(76)38(2)3)86-88(64,81-33-19-32-65)82-34-47-50(39(4)59(84-47)74-36-68-48-53(66-35-67-54(48)74)70-57(77)40-20-15-13-16-21-40)85-63(41-22-17-14-18-23-41,42-24-28-44(79-8)29-25-42)43-26-30-45(80-9)31-27-43/h13-18,20-31,35-39,46-47,50-52,59-60H,12,19,33-34H2,1-11H3,(H2-,66,67,70,71,72,73,76,77,78)/q-1/p+1/t39-,46?,47+,50+,51-,52-,59?,60+,88?/m0/s1. The van der Waals surface area contributed by atoms with E-state index in [1.54, 1.807) is 67.8 Å². The third-order valence-electron chi connectivity index (χ3n) is 16.6. The van der Waals surface area contributed by atoms with E-state index in [0.717, 1.165) is 16.7 Å². The molecule has 2 saturated heterocycles. The number of nitriles is 1. The maximum absolute atomic E-state index is 13.7. The lowest BCUT2D eigenvalue weighted by Crippen LogP contribution is -2.49. The Labute approximate surface area is 519 Å². The Morgan fingerprint density at radius 1 is 0.775 bits per heavy atom. The maximum Gasteiger partial charge on any atom is 0.280 e. The van der Waals surface area contributed by atoms with Gasteiger partial charge in [-0.15, -0.1) is 0 Å². The number of nitrogens with one attached hydrogen (secondary N) is 3. The average molecular weight is 1250 g/mol. The summed E-state index contributed by atoms with van der Waals surface area (Å²) < 4.78 is 64.7. The van der Waals surface area contributed by atoms with Crippen LogP contribution in [0.3, 0.4) is 0 Å².